The van der Waals surface area contributed by atoms with Gasteiger partial charge >= 0.3 is 0 Å². The molecule has 5 heteroatoms. The highest BCUT2D eigenvalue weighted by Gasteiger charge is 2.20. The summed E-state index contributed by atoms with van der Waals surface area (Å²) in [5.41, 5.74) is 1.18. The lowest BCUT2D eigenvalue weighted by Crippen LogP contribution is -2.35. The molecular weight excluding hydrogens is 313 g/mol. The summed E-state index contributed by atoms with van der Waals surface area (Å²) in [7, 11) is 0. The molecule has 1 aliphatic heterocycles. The van der Waals surface area contributed by atoms with Gasteiger partial charge in [0.1, 0.15) is 11.6 Å². The Kier molecular flexibility index (Phi) is 5.18. The van der Waals surface area contributed by atoms with Gasteiger partial charge < -0.3 is 10.1 Å². The molecule has 1 aliphatic rings. The number of rotatable bonds is 5. The molecular formula is C18H18FNO2S. The quantitative estimate of drug-likeness (QED) is 0.855. The van der Waals surface area contributed by atoms with E-state index in [-0.39, 0.29) is 23.4 Å². The van der Waals surface area contributed by atoms with Gasteiger partial charge in [0.25, 0.3) is 0 Å². The van der Waals surface area contributed by atoms with Crippen molar-refractivity contribution in [2.45, 2.75) is 11.3 Å². The topological polar surface area (TPSA) is 38.3 Å². The Balaban J connectivity index is 1.44. The molecule has 2 aromatic carbocycles. The summed E-state index contributed by atoms with van der Waals surface area (Å²) in [5, 5.41) is 2.91. The molecule has 1 amide bonds. The number of fused-ring (bicyclic) bond motifs is 1. The van der Waals surface area contributed by atoms with E-state index in [0.717, 1.165) is 12.2 Å². The van der Waals surface area contributed by atoms with E-state index < -0.39 is 0 Å². The maximum absolute atomic E-state index is 13.5. The Morgan fingerprint density at radius 2 is 2.00 bits per heavy atom. The van der Waals surface area contributed by atoms with Crippen LogP contribution in [0.15, 0.2) is 53.4 Å². The summed E-state index contributed by atoms with van der Waals surface area (Å²) in [5.74, 6) is 1.04. The van der Waals surface area contributed by atoms with E-state index in [2.05, 4.69) is 11.4 Å². The monoisotopic (exact) mass is 331 g/mol. The van der Waals surface area contributed by atoms with Crippen molar-refractivity contribution in [3.63, 3.8) is 0 Å². The Morgan fingerprint density at radius 3 is 2.87 bits per heavy atom. The average Bonchev–Trinajstić information content (AvgIpc) is 2.59. The molecule has 0 spiro atoms. The number of carbonyl (C=O) groups excluding carboxylic acids is 1. The molecule has 1 N–H and O–H groups in total. The Labute approximate surface area is 139 Å². The molecule has 0 saturated carbocycles. The fourth-order valence-corrected chi connectivity index (χ4v) is 3.31. The second-order valence-corrected chi connectivity index (χ2v) is 6.53. The van der Waals surface area contributed by atoms with Crippen LogP contribution in [0, 0.1) is 11.7 Å². The Bertz CT molecular complexity index is 692. The van der Waals surface area contributed by atoms with Gasteiger partial charge in [0.15, 0.2) is 0 Å². The maximum Gasteiger partial charge on any atom is 0.230 e. The van der Waals surface area contributed by atoms with Crippen LogP contribution in [0.1, 0.15) is 5.56 Å². The third-order valence-electron chi connectivity index (χ3n) is 3.74. The number of thioether (sulfide) groups is 1. The zero-order chi connectivity index (χ0) is 16.1. The van der Waals surface area contributed by atoms with E-state index in [0.29, 0.717) is 18.0 Å². The van der Waals surface area contributed by atoms with Gasteiger partial charge in [0, 0.05) is 17.4 Å². The molecule has 0 saturated heterocycles. The van der Waals surface area contributed by atoms with E-state index in [1.54, 1.807) is 18.2 Å². The van der Waals surface area contributed by atoms with Gasteiger partial charge in [-0.25, -0.2) is 4.39 Å². The first-order chi connectivity index (χ1) is 11.2. The predicted octanol–water partition coefficient (Wildman–Crippen LogP) is 3.29. The standard InChI is InChI=1S/C18H18FNO2S/c19-15-6-2-4-8-17(15)23-12-18(21)20-10-13-9-14-5-1-3-7-16(14)22-11-13/h1-8,13H,9-12H2,(H,20,21). The van der Waals surface area contributed by atoms with E-state index in [4.69, 9.17) is 4.74 Å². The van der Waals surface area contributed by atoms with Crippen molar-refractivity contribution in [1.29, 1.82) is 0 Å². The summed E-state index contributed by atoms with van der Waals surface area (Å²) in [4.78, 5) is 12.4. The lowest BCUT2D eigenvalue weighted by Gasteiger charge is -2.25. The molecule has 3 rings (SSSR count). The van der Waals surface area contributed by atoms with E-state index in [1.807, 2.05) is 18.2 Å². The highest BCUT2D eigenvalue weighted by atomic mass is 32.2. The highest BCUT2D eigenvalue weighted by Crippen LogP contribution is 2.26. The number of hydrogen-bond donors (Lipinski definition) is 1. The van der Waals surface area contributed by atoms with Gasteiger partial charge in [-0.05, 0) is 30.2 Å². The number of hydrogen-bond acceptors (Lipinski definition) is 3. The number of carbonyl (C=O) groups is 1. The summed E-state index contributed by atoms with van der Waals surface area (Å²) in [6, 6.07) is 14.5. The second kappa shape index (κ2) is 7.51. The lowest BCUT2D eigenvalue weighted by molar-refractivity contribution is -0.118. The van der Waals surface area contributed by atoms with Crippen LogP contribution in [0.5, 0.6) is 5.75 Å². The Hall–Kier alpha value is -2.01. The van der Waals surface area contributed by atoms with Crippen molar-refractivity contribution in [3.05, 3.63) is 59.9 Å². The van der Waals surface area contributed by atoms with Crippen molar-refractivity contribution >= 4 is 17.7 Å². The van der Waals surface area contributed by atoms with Gasteiger partial charge in [-0.15, -0.1) is 11.8 Å². The van der Waals surface area contributed by atoms with Gasteiger partial charge in [-0.2, -0.15) is 0 Å². The summed E-state index contributed by atoms with van der Waals surface area (Å²) < 4.78 is 19.2. The van der Waals surface area contributed by atoms with Crippen LogP contribution in [0.2, 0.25) is 0 Å². The zero-order valence-electron chi connectivity index (χ0n) is 12.6. The molecule has 0 aromatic heterocycles. The number of halogens is 1. The first kappa shape index (κ1) is 15.9. The maximum atomic E-state index is 13.5. The average molecular weight is 331 g/mol. The van der Waals surface area contributed by atoms with Gasteiger partial charge in [-0.3, -0.25) is 4.79 Å². The molecule has 2 aromatic rings. The second-order valence-electron chi connectivity index (χ2n) is 5.51. The number of amides is 1. The zero-order valence-corrected chi connectivity index (χ0v) is 13.4. The van der Waals surface area contributed by atoms with Crippen LogP contribution in [0.4, 0.5) is 4.39 Å². The fraction of sp³-hybridized carbons (Fsp3) is 0.278. The summed E-state index contributed by atoms with van der Waals surface area (Å²) >= 11 is 1.21. The van der Waals surface area contributed by atoms with Crippen LogP contribution in [-0.4, -0.2) is 24.8 Å². The van der Waals surface area contributed by atoms with Gasteiger partial charge in [-0.1, -0.05) is 30.3 Å². The normalized spacial score (nSPS) is 16.3. The highest BCUT2D eigenvalue weighted by molar-refractivity contribution is 8.00. The Morgan fingerprint density at radius 1 is 1.22 bits per heavy atom. The van der Waals surface area contributed by atoms with Crippen molar-refractivity contribution in [3.8, 4) is 5.75 Å². The van der Waals surface area contributed by atoms with Crippen molar-refractivity contribution in [2.75, 3.05) is 18.9 Å². The van der Waals surface area contributed by atoms with Crippen LogP contribution in [0.25, 0.3) is 0 Å². The van der Waals surface area contributed by atoms with Crippen molar-refractivity contribution < 1.29 is 13.9 Å². The molecule has 1 atom stereocenters. The van der Waals surface area contributed by atoms with Crippen molar-refractivity contribution in [2.24, 2.45) is 5.92 Å². The first-order valence-electron chi connectivity index (χ1n) is 7.57. The number of para-hydroxylation sites is 1. The minimum absolute atomic E-state index is 0.0860. The molecule has 0 radical (unpaired) electrons. The molecule has 23 heavy (non-hydrogen) atoms. The molecule has 0 bridgehead atoms. The predicted molar refractivity (Wildman–Crippen MR) is 89.3 cm³/mol. The fourth-order valence-electron chi connectivity index (χ4n) is 2.54. The third-order valence-corrected chi connectivity index (χ3v) is 4.79. The minimum atomic E-state index is -0.289. The van der Waals surface area contributed by atoms with Crippen molar-refractivity contribution in [1.82, 2.24) is 5.32 Å². The molecule has 0 fully saturated rings. The van der Waals surface area contributed by atoms with Gasteiger partial charge in [0.05, 0.1) is 12.4 Å². The lowest BCUT2D eigenvalue weighted by atomic mass is 9.97. The molecule has 120 valence electrons. The molecule has 3 nitrogen and oxygen atoms in total. The smallest absolute Gasteiger partial charge is 0.230 e. The number of ether oxygens (including phenoxy) is 1. The largest absolute Gasteiger partial charge is 0.493 e. The minimum Gasteiger partial charge on any atom is -0.493 e. The van der Waals surface area contributed by atoms with Crippen LogP contribution in [-0.2, 0) is 11.2 Å². The molecule has 1 heterocycles. The van der Waals surface area contributed by atoms with E-state index in [9.17, 15) is 9.18 Å². The molecule has 0 aliphatic carbocycles. The number of nitrogens with one attached hydrogen (secondary N) is 1. The summed E-state index contributed by atoms with van der Waals surface area (Å²) in [6.07, 6.45) is 0.900. The molecule has 1 unspecified atom stereocenters. The SMILES string of the molecule is O=C(CSc1ccccc1F)NCC1COc2ccccc2C1. The van der Waals surface area contributed by atoms with Crippen LogP contribution in [0.3, 0.4) is 0 Å². The first-order valence-corrected chi connectivity index (χ1v) is 8.55. The van der Waals surface area contributed by atoms with E-state index in [1.165, 1.54) is 23.4 Å². The van der Waals surface area contributed by atoms with Crippen LogP contribution >= 0.6 is 11.8 Å². The van der Waals surface area contributed by atoms with Crippen LogP contribution < -0.4 is 10.1 Å². The van der Waals surface area contributed by atoms with E-state index >= 15 is 0 Å². The third kappa shape index (κ3) is 4.26. The van der Waals surface area contributed by atoms with Gasteiger partial charge in [0.2, 0.25) is 5.91 Å². The summed E-state index contributed by atoms with van der Waals surface area (Å²) in [6.45, 7) is 1.18. The number of benzene rings is 2.